The Labute approximate surface area is 227 Å². The second kappa shape index (κ2) is 11.8. The number of rotatable bonds is 6. The number of anilines is 1. The van der Waals surface area contributed by atoms with Crippen molar-refractivity contribution in [2.45, 2.75) is 46.6 Å². The minimum atomic E-state index is -0.116. The fourth-order valence-electron chi connectivity index (χ4n) is 4.02. The van der Waals surface area contributed by atoms with Crippen LogP contribution in [0.1, 0.15) is 38.8 Å². The van der Waals surface area contributed by atoms with Crippen LogP contribution in [-0.4, -0.2) is 26.2 Å². The molecule has 0 atom stereocenters. The number of carbonyl (C=O) groups is 1. The van der Waals surface area contributed by atoms with Gasteiger partial charge in [-0.1, -0.05) is 25.1 Å². The topological polar surface area (TPSA) is 102 Å². The van der Waals surface area contributed by atoms with Crippen molar-refractivity contribution in [1.29, 1.82) is 0 Å². The molecule has 0 aliphatic heterocycles. The Bertz CT molecular complexity index is 1650. The van der Waals surface area contributed by atoms with Crippen LogP contribution >= 0.6 is 0 Å². The van der Waals surface area contributed by atoms with E-state index in [2.05, 4.69) is 39.4 Å². The molecule has 0 aliphatic carbocycles. The minimum Gasteiger partial charge on any atom is -0.456 e. The Balaban J connectivity index is 0.000000247. The molecule has 1 amide bonds. The molecule has 0 unspecified atom stereocenters. The molecular weight excluding hydrogens is 490 g/mol. The predicted molar refractivity (Wildman–Crippen MR) is 155 cm³/mol. The van der Waals surface area contributed by atoms with Crippen LogP contribution < -0.4 is 15.6 Å². The summed E-state index contributed by atoms with van der Waals surface area (Å²) in [5.41, 5.74) is 5.22. The first-order chi connectivity index (χ1) is 18.7. The summed E-state index contributed by atoms with van der Waals surface area (Å²) in [5, 5.41) is 7.51. The molecule has 0 aliphatic rings. The number of aromatic nitrogens is 4. The summed E-state index contributed by atoms with van der Waals surface area (Å²) < 4.78 is 8.02. The third-order valence-electron chi connectivity index (χ3n) is 6.19. The number of benzene rings is 2. The number of aromatic amines is 1. The van der Waals surface area contributed by atoms with E-state index in [1.165, 1.54) is 5.56 Å². The largest absolute Gasteiger partial charge is 0.456 e. The van der Waals surface area contributed by atoms with E-state index in [-0.39, 0.29) is 11.1 Å². The second-order valence-electron chi connectivity index (χ2n) is 10.1. The lowest BCUT2D eigenvalue weighted by Crippen LogP contribution is -2.21. The zero-order valence-electron chi connectivity index (χ0n) is 22.9. The van der Waals surface area contributed by atoms with Crippen molar-refractivity contribution in [2.24, 2.45) is 0 Å². The average molecular weight is 524 g/mol. The predicted octanol–water partition coefficient (Wildman–Crippen LogP) is 6.46. The highest BCUT2D eigenvalue weighted by molar-refractivity contribution is 5.89. The third-order valence-corrected chi connectivity index (χ3v) is 6.19. The fourth-order valence-corrected chi connectivity index (χ4v) is 4.02. The van der Waals surface area contributed by atoms with E-state index in [0.717, 1.165) is 45.6 Å². The van der Waals surface area contributed by atoms with E-state index < -0.39 is 0 Å². The molecule has 8 heteroatoms. The minimum absolute atomic E-state index is 0.0389. The number of hydrogen-bond donors (Lipinski definition) is 2. The molecule has 5 rings (SSSR count). The Kier molecular flexibility index (Phi) is 8.24. The van der Waals surface area contributed by atoms with Crippen LogP contribution in [0.5, 0.6) is 11.5 Å². The number of ether oxygens (including phenoxy) is 1. The monoisotopic (exact) mass is 523 g/mol. The summed E-state index contributed by atoms with van der Waals surface area (Å²) in [6, 6.07) is 17.5. The SMILES string of the molecule is CC(C)(C)n1cc(NC=O)cn1.CCc1ccc(Oc2ccnc3ccc(-c4ccc[nH]c4=O)cc23)c(C)c1. The van der Waals surface area contributed by atoms with Crippen LogP contribution in [0.3, 0.4) is 0 Å². The first kappa shape index (κ1) is 27.3. The second-order valence-corrected chi connectivity index (χ2v) is 10.1. The van der Waals surface area contributed by atoms with Crippen LogP contribution in [0.15, 0.2) is 84.2 Å². The number of nitrogens with one attached hydrogen (secondary N) is 2. The third kappa shape index (κ3) is 6.59. The van der Waals surface area contributed by atoms with Crippen LogP contribution in [0.2, 0.25) is 0 Å². The van der Waals surface area contributed by atoms with Crippen molar-refractivity contribution in [3.05, 3.63) is 101 Å². The summed E-state index contributed by atoms with van der Waals surface area (Å²) in [7, 11) is 0. The van der Waals surface area contributed by atoms with E-state index in [1.807, 2.05) is 70.2 Å². The number of carbonyl (C=O) groups excluding carboxylic acids is 1. The van der Waals surface area contributed by atoms with Gasteiger partial charge in [-0.15, -0.1) is 0 Å². The van der Waals surface area contributed by atoms with Gasteiger partial charge in [0.15, 0.2) is 0 Å². The summed E-state index contributed by atoms with van der Waals surface area (Å²) in [6.07, 6.45) is 8.43. The average Bonchev–Trinajstić information content (AvgIpc) is 3.40. The van der Waals surface area contributed by atoms with Gasteiger partial charge in [-0.05, 0) is 87.2 Å². The Morgan fingerprint density at radius 2 is 1.90 bits per heavy atom. The van der Waals surface area contributed by atoms with Gasteiger partial charge in [0.1, 0.15) is 11.5 Å². The molecule has 0 saturated heterocycles. The molecule has 3 aromatic heterocycles. The van der Waals surface area contributed by atoms with Gasteiger partial charge >= 0.3 is 0 Å². The van der Waals surface area contributed by atoms with Crippen LogP contribution in [-0.2, 0) is 16.8 Å². The normalized spacial score (nSPS) is 11.0. The van der Waals surface area contributed by atoms with Crippen LogP contribution in [0, 0.1) is 6.92 Å². The number of pyridine rings is 2. The lowest BCUT2D eigenvalue weighted by Gasteiger charge is -2.18. The molecule has 5 aromatic rings. The summed E-state index contributed by atoms with van der Waals surface area (Å²) in [6.45, 7) is 10.3. The highest BCUT2D eigenvalue weighted by atomic mass is 16.5. The highest BCUT2D eigenvalue weighted by Crippen LogP contribution is 2.33. The zero-order valence-corrected chi connectivity index (χ0v) is 22.9. The maximum Gasteiger partial charge on any atom is 0.255 e. The molecule has 0 radical (unpaired) electrons. The van der Waals surface area contributed by atoms with Gasteiger partial charge < -0.3 is 15.0 Å². The first-order valence-corrected chi connectivity index (χ1v) is 12.8. The maximum atomic E-state index is 12.1. The standard InChI is InChI=1S/C23H20N2O2.C8H13N3O/c1-3-16-6-9-21(15(2)13-16)27-22-10-12-24-20-8-7-17(14-19(20)22)18-5-4-11-25-23(18)26;1-8(2,3)11-5-7(4-10-11)9-6-12/h4-14H,3H2,1-2H3,(H,25,26);4-6H,1-3H3,(H,9,12). The van der Waals surface area contributed by atoms with Crippen molar-refractivity contribution in [3.63, 3.8) is 0 Å². The molecule has 2 aromatic carbocycles. The van der Waals surface area contributed by atoms with Crippen LogP contribution in [0.4, 0.5) is 5.69 Å². The zero-order chi connectivity index (χ0) is 28.0. The summed E-state index contributed by atoms with van der Waals surface area (Å²) in [4.78, 5) is 29.4. The first-order valence-electron chi connectivity index (χ1n) is 12.8. The van der Waals surface area contributed by atoms with Crippen molar-refractivity contribution < 1.29 is 9.53 Å². The fraction of sp³-hybridized carbons (Fsp3) is 0.226. The quantitative estimate of drug-likeness (QED) is 0.249. The lowest BCUT2D eigenvalue weighted by atomic mass is 10.0. The van der Waals surface area contributed by atoms with E-state index in [1.54, 1.807) is 29.5 Å². The van der Waals surface area contributed by atoms with Crippen molar-refractivity contribution in [1.82, 2.24) is 19.7 Å². The Morgan fingerprint density at radius 3 is 2.56 bits per heavy atom. The molecule has 2 N–H and O–H groups in total. The maximum absolute atomic E-state index is 12.1. The Hall–Kier alpha value is -4.72. The number of fused-ring (bicyclic) bond motifs is 1. The summed E-state index contributed by atoms with van der Waals surface area (Å²) >= 11 is 0. The van der Waals surface area contributed by atoms with E-state index in [4.69, 9.17) is 4.74 Å². The van der Waals surface area contributed by atoms with Crippen molar-refractivity contribution >= 4 is 23.0 Å². The smallest absolute Gasteiger partial charge is 0.255 e. The van der Waals surface area contributed by atoms with Gasteiger partial charge in [0, 0.05) is 29.5 Å². The van der Waals surface area contributed by atoms with Gasteiger partial charge in [0.2, 0.25) is 6.41 Å². The molecule has 0 bridgehead atoms. The van der Waals surface area contributed by atoms with Gasteiger partial charge in [0.25, 0.3) is 5.56 Å². The molecule has 0 fully saturated rings. The number of nitrogens with zero attached hydrogens (tertiary/aromatic N) is 3. The molecule has 39 heavy (non-hydrogen) atoms. The van der Waals surface area contributed by atoms with Gasteiger partial charge in [-0.2, -0.15) is 5.10 Å². The molecular formula is C31H33N5O3. The number of aryl methyl sites for hydroxylation is 2. The number of hydrogen-bond acceptors (Lipinski definition) is 5. The van der Waals surface area contributed by atoms with E-state index >= 15 is 0 Å². The van der Waals surface area contributed by atoms with Crippen molar-refractivity contribution in [2.75, 3.05) is 5.32 Å². The number of amides is 1. The summed E-state index contributed by atoms with van der Waals surface area (Å²) in [5.74, 6) is 1.55. The molecule has 0 spiro atoms. The van der Waals surface area contributed by atoms with Gasteiger partial charge in [-0.3, -0.25) is 19.3 Å². The van der Waals surface area contributed by atoms with Crippen LogP contribution in [0.25, 0.3) is 22.0 Å². The van der Waals surface area contributed by atoms with Gasteiger partial charge in [0.05, 0.1) is 22.9 Å². The van der Waals surface area contributed by atoms with E-state index in [0.29, 0.717) is 12.0 Å². The molecule has 8 nitrogen and oxygen atoms in total. The molecule has 0 saturated carbocycles. The van der Waals surface area contributed by atoms with Crippen molar-refractivity contribution in [3.8, 4) is 22.6 Å². The molecule has 3 heterocycles. The molecule has 200 valence electrons. The highest BCUT2D eigenvalue weighted by Gasteiger charge is 2.13. The van der Waals surface area contributed by atoms with E-state index in [9.17, 15) is 9.59 Å². The Morgan fingerprint density at radius 1 is 1.08 bits per heavy atom. The lowest BCUT2D eigenvalue weighted by molar-refractivity contribution is -0.105. The van der Waals surface area contributed by atoms with Gasteiger partial charge in [-0.25, -0.2) is 0 Å². The number of H-pyrrole nitrogens is 1.